The Morgan fingerprint density at radius 2 is 0.485 bits per heavy atom. The van der Waals surface area contributed by atoms with Gasteiger partial charge < -0.3 is 0 Å². The highest BCUT2D eigenvalue weighted by atomic mass is 15.2. The highest BCUT2D eigenvalue weighted by molar-refractivity contribution is 5.20. The summed E-state index contributed by atoms with van der Waals surface area (Å²) in [6.45, 7) is 10.4. The number of hydrogen-bond acceptors (Lipinski definition) is 2. The van der Waals surface area contributed by atoms with E-state index in [1.807, 2.05) is 0 Å². The fourth-order valence-electron chi connectivity index (χ4n) is 24.8. The van der Waals surface area contributed by atoms with Gasteiger partial charge in [-0.3, -0.25) is 9.80 Å². The van der Waals surface area contributed by atoms with Crippen LogP contribution in [0.25, 0.3) is 0 Å². The van der Waals surface area contributed by atoms with E-state index in [4.69, 9.17) is 0 Å². The molecule has 0 aromatic heterocycles. The van der Waals surface area contributed by atoms with Crippen molar-refractivity contribution < 1.29 is 0 Å². The van der Waals surface area contributed by atoms with Crippen LogP contribution in [0.15, 0.2) is 0 Å². The van der Waals surface area contributed by atoms with Crippen molar-refractivity contribution in [1.82, 2.24) is 9.80 Å². The summed E-state index contributed by atoms with van der Waals surface area (Å²) in [7, 11) is 0. The Morgan fingerprint density at radius 1 is 0.206 bits per heavy atom. The van der Waals surface area contributed by atoms with Crippen LogP contribution in [0, 0.1) is 118 Å². The highest BCUT2D eigenvalue weighted by Crippen LogP contribution is 2.76. The molecule has 0 aromatic rings. The minimum absolute atomic E-state index is 0.908. The molecule has 68 heavy (non-hydrogen) atoms. The summed E-state index contributed by atoms with van der Waals surface area (Å²) in [5.41, 5.74) is 0. The SMILES string of the molecule is CC1CCC(N(C2CCC(C)CC2)C2CCC3C4C(CCCC42)C2C(C4CCCCC4)C4C5CCCC6C5C(CCC6N(C5CCC(C)CC5)C5CCC(C)CC5)C4C(C4CCCCC4)C32)CC1. The Hall–Kier alpha value is -0.0800. The number of hydrogen-bond donors (Lipinski definition) is 0. The zero-order valence-corrected chi connectivity index (χ0v) is 45.4. The maximum Gasteiger partial charge on any atom is 0.0132 e. The molecule has 13 aliphatic carbocycles. The van der Waals surface area contributed by atoms with Crippen molar-refractivity contribution in [2.75, 3.05) is 0 Å². The van der Waals surface area contributed by atoms with Crippen LogP contribution in [-0.4, -0.2) is 46.1 Å². The van der Waals surface area contributed by atoms with Crippen LogP contribution in [0.1, 0.15) is 259 Å². The van der Waals surface area contributed by atoms with Gasteiger partial charge in [0.25, 0.3) is 0 Å². The maximum atomic E-state index is 3.46. The number of fused-ring (bicyclic) bond motifs is 6. The first kappa shape index (κ1) is 47.6. The first-order valence-electron chi connectivity index (χ1n) is 33.0. The van der Waals surface area contributed by atoms with E-state index in [0.29, 0.717) is 0 Å². The third kappa shape index (κ3) is 8.39. The molecule has 0 aliphatic heterocycles. The molecule has 13 rings (SSSR count). The average molecular weight is 932 g/mol. The van der Waals surface area contributed by atoms with Crippen LogP contribution in [-0.2, 0) is 0 Å². The van der Waals surface area contributed by atoms with E-state index in [1.54, 1.807) is 128 Å². The molecule has 0 N–H and O–H groups in total. The van der Waals surface area contributed by atoms with Gasteiger partial charge in [-0.05, 0) is 272 Å². The second kappa shape index (κ2) is 20.2. The van der Waals surface area contributed by atoms with Gasteiger partial charge in [0.15, 0.2) is 0 Å². The Kier molecular flexibility index (Phi) is 14.2. The van der Waals surface area contributed by atoms with Crippen molar-refractivity contribution in [3.05, 3.63) is 0 Å². The Balaban J connectivity index is 0.874. The molecule has 384 valence electrons. The fourth-order valence-corrected chi connectivity index (χ4v) is 24.8. The lowest BCUT2D eigenvalue weighted by Crippen LogP contribution is -2.58. The Morgan fingerprint density at radius 3 is 0.794 bits per heavy atom. The first-order valence-corrected chi connectivity index (χ1v) is 33.0. The van der Waals surface area contributed by atoms with Gasteiger partial charge in [-0.15, -0.1) is 0 Å². The van der Waals surface area contributed by atoms with E-state index >= 15 is 0 Å². The van der Waals surface area contributed by atoms with Crippen LogP contribution in [0.2, 0.25) is 0 Å². The van der Waals surface area contributed by atoms with Crippen molar-refractivity contribution in [2.45, 2.75) is 295 Å². The lowest BCUT2D eigenvalue weighted by molar-refractivity contribution is -0.103. The fraction of sp³-hybridized carbons (Fsp3) is 1.00. The van der Waals surface area contributed by atoms with Crippen LogP contribution in [0.3, 0.4) is 0 Å². The summed E-state index contributed by atoms with van der Waals surface area (Å²) in [6, 6.07) is 5.49. The smallest absolute Gasteiger partial charge is 0.0132 e. The van der Waals surface area contributed by atoms with Crippen molar-refractivity contribution in [1.29, 1.82) is 0 Å². The molecule has 14 atom stereocenters. The van der Waals surface area contributed by atoms with E-state index in [-0.39, 0.29) is 0 Å². The topological polar surface area (TPSA) is 6.48 Å². The normalized spacial score (nSPS) is 53.4. The van der Waals surface area contributed by atoms with Crippen LogP contribution >= 0.6 is 0 Å². The molecule has 13 aliphatic rings. The average Bonchev–Trinajstić information content (AvgIpc) is 3.89. The summed E-state index contributed by atoms with van der Waals surface area (Å²) in [5, 5.41) is 0. The lowest BCUT2D eigenvalue weighted by atomic mass is 9.47. The van der Waals surface area contributed by atoms with Crippen molar-refractivity contribution in [2.24, 2.45) is 118 Å². The zero-order chi connectivity index (χ0) is 45.6. The minimum Gasteiger partial charge on any atom is -0.294 e. The lowest BCUT2D eigenvalue weighted by Gasteiger charge is -2.58. The van der Waals surface area contributed by atoms with Crippen molar-refractivity contribution in [3.63, 3.8) is 0 Å². The Labute approximate surface area is 421 Å². The Bertz CT molecular complexity index is 1440. The molecule has 0 aromatic carbocycles. The van der Waals surface area contributed by atoms with Gasteiger partial charge in [0.05, 0.1) is 0 Å². The summed E-state index contributed by atoms with van der Waals surface area (Å²) < 4.78 is 0. The van der Waals surface area contributed by atoms with Crippen LogP contribution in [0.5, 0.6) is 0 Å². The molecule has 0 amide bonds. The largest absolute Gasteiger partial charge is 0.294 e. The molecular weight excluding hydrogens is 821 g/mol. The third-order valence-corrected chi connectivity index (χ3v) is 27.1. The predicted molar refractivity (Wildman–Crippen MR) is 285 cm³/mol. The molecule has 0 radical (unpaired) electrons. The zero-order valence-electron chi connectivity index (χ0n) is 45.4. The van der Waals surface area contributed by atoms with Crippen LogP contribution < -0.4 is 0 Å². The molecule has 0 bridgehead atoms. The summed E-state index contributed by atoms with van der Waals surface area (Å²) in [6.07, 6.45) is 56.5. The number of nitrogens with zero attached hydrogens (tertiary/aromatic N) is 2. The van der Waals surface area contributed by atoms with E-state index < -0.39 is 0 Å². The standard InChI is InChI=1S/C66H110N2/c1-41-21-29-47(30-22-41)67(48-31-23-42(2)24-32-48)57-39-37-55-61-51(57)17-11-19-53(61)63-59(45-13-7-5-8-14-45)64-54-20-12-18-52-58(68(49-33-25-43(3)26-34-49)50-35-27-44(4)28-36-50)40-38-56(62(52)54)66(64)60(65(55)63)46-15-9-6-10-16-46/h41-66H,5-40H2,1-4H3. The van der Waals surface area contributed by atoms with E-state index in [0.717, 1.165) is 155 Å². The number of rotatable bonds is 8. The van der Waals surface area contributed by atoms with E-state index in [2.05, 4.69) is 37.5 Å². The van der Waals surface area contributed by atoms with E-state index in [9.17, 15) is 0 Å². The molecule has 13 saturated carbocycles. The first-order chi connectivity index (χ1) is 33.4. The quantitative estimate of drug-likeness (QED) is 0.239. The molecule has 0 spiro atoms. The molecule has 14 unspecified atom stereocenters. The van der Waals surface area contributed by atoms with Crippen molar-refractivity contribution in [3.8, 4) is 0 Å². The van der Waals surface area contributed by atoms with Gasteiger partial charge in [-0.2, -0.15) is 0 Å². The summed E-state index contributed by atoms with van der Waals surface area (Å²) >= 11 is 0. The monoisotopic (exact) mass is 931 g/mol. The molecular formula is C66H110N2. The summed E-state index contributed by atoms with van der Waals surface area (Å²) in [4.78, 5) is 6.93. The molecule has 2 nitrogen and oxygen atoms in total. The van der Waals surface area contributed by atoms with Gasteiger partial charge in [-0.1, -0.05) is 105 Å². The van der Waals surface area contributed by atoms with Gasteiger partial charge in [0, 0.05) is 36.3 Å². The van der Waals surface area contributed by atoms with Crippen molar-refractivity contribution >= 4 is 0 Å². The summed E-state index contributed by atoms with van der Waals surface area (Å²) in [5.74, 6) is 21.4. The predicted octanol–water partition coefficient (Wildman–Crippen LogP) is 17.4. The van der Waals surface area contributed by atoms with Gasteiger partial charge in [-0.25, -0.2) is 0 Å². The maximum absolute atomic E-state index is 3.46. The third-order valence-electron chi connectivity index (χ3n) is 27.1. The van der Waals surface area contributed by atoms with Gasteiger partial charge in [0.2, 0.25) is 0 Å². The van der Waals surface area contributed by atoms with Crippen LogP contribution in [0.4, 0.5) is 0 Å². The van der Waals surface area contributed by atoms with Gasteiger partial charge in [0.1, 0.15) is 0 Å². The minimum atomic E-state index is 0.908. The molecule has 0 saturated heterocycles. The molecule has 13 fully saturated rings. The van der Waals surface area contributed by atoms with E-state index in [1.165, 1.54) is 103 Å². The van der Waals surface area contributed by atoms with Gasteiger partial charge >= 0.3 is 0 Å². The molecule has 2 heteroatoms. The highest BCUT2D eigenvalue weighted by Gasteiger charge is 2.72. The second-order valence-electron chi connectivity index (χ2n) is 30.1. The second-order valence-corrected chi connectivity index (χ2v) is 30.1. The molecule has 0 heterocycles.